The van der Waals surface area contributed by atoms with E-state index in [2.05, 4.69) is 61.2 Å². The number of anilines is 3. The van der Waals surface area contributed by atoms with E-state index in [0.29, 0.717) is 74.4 Å². The van der Waals surface area contributed by atoms with Gasteiger partial charge in [-0.25, -0.2) is 15.0 Å². The maximum atomic E-state index is 12.5. The number of fused-ring (bicyclic) bond motifs is 1. The van der Waals surface area contributed by atoms with Gasteiger partial charge in [-0.15, -0.1) is 0 Å². The third kappa shape index (κ3) is 11.9. The maximum Gasteiger partial charge on any atom is 0.292 e. The maximum absolute atomic E-state index is 12.5. The molecule has 6 N–H and O–H groups in total. The molecule has 0 atom stereocenters. The number of amides is 3. The number of hydrogen-bond acceptors (Lipinski definition) is 13. The predicted molar refractivity (Wildman–Crippen MR) is 281 cm³/mol. The molecule has 22 nitrogen and oxygen atoms in total. The van der Waals surface area contributed by atoms with Gasteiger partial charge < -0.3 is 20.4 Å². The number of aromatic nitrogens is 12. The number of H-pyrrole nitrogens is 3. The highest BCUT2D eigenvalue weighted by Crippen LogP contribution is 2.39. The van der Waals surface area contributed by atoms with Crippen molar-refractivity contribution in [2.75, 3.05) is 16.0 Å². The van der Waals surface area contributed by atoms with Crippen LogP contribution >= 0.6 is 11.6 Å². The van der Waals surface area contributed by atoms with Gasteiger partial charge in [0.15, 0.2) is 5.76 Å². The van der Waals surface area contributed by atoms with E-state index in [4.69, 9.17) is 16.0 Å². The van der Waals surface area contributed by atoms with Crippen LogP contribution in [0.3, 0.4) is 0 Å². The molecular weight excluding hydrogens is 994 g/mol. The molecule has 23 heteroatoms. The topological polar surface area (TPSA) is 291 Å². The molecule has 7 heterocycles. The van der Waals surface area contributed by atoms with Crippen LogP contribution in [0.2, 0.25) is 5.02 Å². The van der Waals surface area contributed by atoms with E-state index in [0.717, 1.165) is 74.0 Å². The number of carbonyl (C=O) groups is 3. The largest absolute Gasteiger partial charge is 0.459 e. The van der Waals surface area contributed by atoms with Gasteiger partial charge in [0.2, 0.25) is 17.8 Å². The fourth-order valence-corrected chi connectivity index (χ4v) is 8.52. The van der Waals surface area contributed by atoms with E-state index < -0.39 is 5.91 Å². The summed E-state index contributed by atoms with van der Waals surface area (Å²) in [6.45, 7) is 5.42. The van der Waals surface area contributed by atoms with Crippen molar-refractivity contribution in [3.8, 4) is 17.8 Å². The molecule has 3 aliphatic carbocycles. The molecule has 0 aliphatic heterocycles. The number of aromatic amines is 3. The molecule has 0 spiro atoms. The van der Waals surface area contributed by atoms with Gasteiger partial charge in [0, 0.05) is 63.9 Å². The number of benzene rings is 2. The number of halogens is 1. The highest BCUT2D eigenvalue weighted by Gasteiger charge is 2.28. The second-order valence-electron chi connectivity index (χ2n) is 18.5. The molecule has 0 radical (unpaired) electrons. The standard InChI is InChI=1S/C19H19N5O2.C18H16ClN5O2.C16H15N5O3/c1-12-11-16(21-17(25)13-7-3-2-4-8-13)24(23-12)19-20-15-10-6-5-9-14(15)18(26)22-19;1-10-8-15(21-17(26)12-4-6-13(19)7-5-12)24(23-10)18-20-14(11-2-3-11)9-16(25)22-18;1-9-7-13(18-15(23)12-3-2-6-24-12)21(20-9)16-17-11(10-4-5-10)8-14(22)19-16/h2-4,7-8,11H,5-6,9-10H2,1H3,(H,21,25)(H,20,22,26);4-9,11H,2-3H2,1H3,(H,21,26)(H,20,22,25);2-3,6-8,10H,4-5H2,1H3,(H,18,23)(H,17,19,22). The highest BCUT2D eigenvalue weighted by molar-refractivity contribution is 6.30. The minimum absolute atomic E-state index is 0.127. The average Bonchev–Trinajstić information content (AvgIpc) is 4.27. The number of aryl methyl sites for hydroxylation is 4. The smallest absolute Gasteiger partial charge is 0.292 e. The Morgan fingerprint density at radius 1 is 0.566 bits per heavy atom. The number of hydrogen-bond donors (Lipinski definition) is 6. The lowest BCUT2D eigenvalue weighted by Crippen LogP contribution is -2.24. The SMILES string of the molecule is Cc1cc(NC(=O)c2ccc(Cl)cc2)n(-c2nc(C3CC3)cc(=O)[nH]2)n1.Cc1cc(NC(=O)c2ccccc2)n(-c2nc3c(c(=O)[nH]2)CCCC3)n1.Cc1cc(NC(=O)c2ccco2)n(-c2nc(C3CC3)cc(=O)[nH]2)n1. The lowest BCUT2D eigenvalue weighted by molar-refractivity contribution is 0.0992. The number of nitrogens with zero attached hydrogens (tertiary/aromatic N) is 9. The molecule has 2 aromatic carbocycles. The first-order valence-electron chi connectivity index (χ1n) is 24.5. The van der Waals surface area contributed by atoms with E-state index in [1.54, 1.807) is 92.7 Å². The van der Waals surface area contributed by atoms with Gasteiger partial charge in [0.1, 0.15) is 17.5 Å². The Bertz CT molecular complexity index is 3790. The Kier molecular flexibility index (Phi) is 14.3. The number of furan rings is 1. The number of carbonyl (C=O) groups excluding carboxylic acids is 3. The third-order valence-electron chi connectivity index (χ3n) is 12.4. The quantitative estimate of drug-likeness (QED) is 0.0736. The molecule has 2 fully saturated rings. The van der Waals surface area contributed by atoms with Crippen LogP contribution in [0.25, 0.3) is 17.8 Å². The number of nitrogens with one attached hydrogen (secondary N) is 6. The Labute approximate surface area is 437 Å². The third-order valence-corrected chi connectivity index (χ3v) is 12.6. The monoisotopic (exact) mass is 1040 g/mol. The molecule has 3 amide bonds. The fraction of sp³-hybridized carbons (Fsp3) is 0.245. The summed E-state index contributed by atoms with van der Waals surface area (Å²) < 4.78 is 9.42. The normalized spacial score (nSPS) is 13.6. The minimum atomic E-state index is -0.401. The molecule has 386 valence electrons. The zero-order valence-corrected chi connectivity index (χ0v) is 42.1. The average molecular weight is 1040 g/mol. The summed E-state index contributed by atoms with van der Waals surface area (Å²) in [7, 11) is 0. The van der Waals surface area contributed by atoms with Gasteiger partial charge in [-0.1, -0.05) is 29.8 Å². The Morgan fingerprint density at radius 3 is 1.53 bits per heavy atom. The predicted octanol–water partition coefficient (Wildman–Crippen LogP) is 7.43. The summed E-state index contributed by atoms with van der Waals surface area (Å²) in [4.78, 5) is 95.1. The minimum Gasteiger partial charge on any atom is -0.459 e. The molecule has 9 aromatic rings. The van der Waals surface area contributed by atoms with E-state index in [-0.39, 0.29) is 40.2 Å². The van der Waals surface area contributed by atoms with Gasteiger partial charge in [-0.05, 0) is 121 Å². The van der Waals surface area contributed by atoms with E-state index in [1.165, 1.54) is 32.4 Å². The van der Waals surface area contributed by atoms with Gasteiger partial charge in [-0.2, -0.15) is 29.3 Å². The van der Waals surface area contributed by atoms with Gasteiger partial charge >= 0.3 is 0 Å². The summed E-state index contributed by atoms with van der Waals surface area (Å²) in [6, 6.07) is 26.9. The summed E-state index contributed by atoms with van der Waals surface area (Å²) in [5.74, 6) is 2.12. The van der Waals surface area contributed by atoms with Crippen molar-refractivity contribution in [3.05, 3.63) is 196 Å². The molecule has 0 unspecified atom stereocenters. The summed E-state index contributed by atoms with van der Waals surface area (Å²) in [5, 5.41) is 22.0. The molecule has 3 aliphatic rings. The van der Waals surface area contributed by atoms with Crippen molar-refractivity contribution in [2.45, 2.75) is 84.0 Å². The van der Waals surface area contributed by atoms with Crippen LogP contribution in [0.4, 0.5) is 17.5 Å². The lowest BCUT2D eigenvalue weighted by atomic mass is 9.97. The fourth-order valence-electron chi connectivity index (χ4n) is 8.40. The van der Waals surface area contributed by atoms with Crippen LogP contribution in [0.5, 0.6) is 0 Å². The van der Waals surface area contributed by atoms with E-state index in [9.17, 15) is 28.8 Å². The zero-order chi connectivity index (χ0) is 53.0. The van der Waals surface area contributed by atoms with Crippen molar-refractivity contribution in [1.82, 2.24) is 59.2 Å². The van der Waals surface area contributed by atoms with Gasteiger partial charge in [0.25, 0.3) is 34.4 Å². The molecule has 2 saturated carbocycles. The molecule has 76 heavy (non-hydrogen) atoms. The zero-order valence-electron chi connectivity index (χ0n) is 41.4. The summed E-state index contributed by atoms with van der Waals surface area (Å²) in [5.41, 5.74) is 5.60. The molecule has 7 aromatic heterocycles. The van der Waals surface area contributed by atoms with Crippen LogP contribution < -0.4 is 32.6 Å². The van der Waals surface area contributed by atoms with E-state index in [1.807, 2.05) is 13.0 Å². The summed E-state index contributed by atoms with van der Waals surface area (Å²) >= 11 is 5.86. The molecule has 0 saturated heterocycles. The summed E-state index contributed by atoms with van der Waals surface area (Å²) in [6.07, 6.45) is 9.16. The van der Waals surface area contributed by atoms with Crippen LogP contribution in [0, 0.1) is 20.8 Å². The molecule has 12 rings (SSSR count). The first kappa shape index (κ1) is 50.2. The Balaban J connectivity index is 0.000000130. The van der Waals surface area contributed by atoms with Crippen LogP contribution in [-0.2, 0) is 12.8 Å². The van der Waals surface area contributed by atoms with Gasteiger partial charge in [0.05, 0.1) is 40.4 Å². The first-order valence-corrected chi connectivity index (χ1v) is 24.9. The highest BCUT2D eigenvalue weighted by atomic mass is 35.5. The Hall–Kier alpha value is -9.31. The van der Waals surface area contributed by atoms with Gasteiger partial charge in [-0.3, -0.25) is 43.7 Å². The van der Waals surface area contributed by atoms with Crippen molar-refractivity contribution in [3.63, 3.8) is 0 Å². The van der Waals surface area contributed by atoms with Crippen LogP contribution in [0.1, 0.15) is 121 Å². The number of rotatable bonds is 11. The van der Waals surface area contributed by atoms with Crippen molar-refractivity contribution < 1.29 is 18.8 Å². The lowest BCUT2D eigenvalue weighted by Gasteiger charge is -2.15. The second-order valence-corrected chi connectivity index (χ2v) is 19.0. The first-order chi connectivity index (χ1) is 36.7. The van der Waals surface area contributed by atoms with Crippen LogP contribution in [-0.4, -0.2) is 77.0 Å². The van der Waals surface area contributed by atoms with Crippen LogP contribution in [0.15, 0.2) is 122 Å². The van der Waals surface area contributed by atoms with Crippen molar-refractivity contribution >= 4 is 46.8 Å². The Morgan fingerprint density at radius 2 is 1.04 bits per heavy atom. The van der Waals surface area contributed by atoms with E-state index >= 15 is 0 Å². The molecular formula is C53H50ClN15O7. The van der Waals surface area contributed by atoms with Crippen molar-refractivity contribution in [2.24, 2.45) is 0 Å². The molecule has 0 bridgehead atoms. The second kappa shape index (κ2) is 21.6. The van der Waals surface area contributed by atoms with Crippen molar-refractivity contribution in [1.29, 1.82) is 0 Å².